The second-order valence-corrected chi connectivity index (χ2v) is 8.59. The highest BCUT2D eigenvalue weighted by Crippen LogP contribution is 2.39. The van der Waals surface area contributed by atoms with Gasteiger partial charge in [0.25, 0.3) is 0 Å². The Morgan fingerprint density at radius 3 is 1.32 bits per heavy atom. The Hall–Kier alpha value is -1.88. The standard InChI is InChI=1S/C21H16OS3/c22-20(23-17-10-4-1-5-11-17)16-21(24-18-12-6-2-7-13-18)25-19-14-8-3-9-15-19/h1-16H. The first kappa shape index (κ1) is 17.9. The van der Waals surface area contributed by atoms with Crippen LogP contribution in [0, 0.1) is 0 Å². The number of rotatable bonds is 6. The fraction of sp³-hybridized carbons (Fsp3) is 0. The number of benzene rings is 3. The molecular weight excluding hydrogens is 364 g/mol. The van der Waals surface area contributed by atoms with Crippen molar-refractivity contribution in [2.45, 2.75) is 14.7 Å². The first-order valence-electron chi connectivity index (χ1n) is 7.74. The molecule has 0 unspecified atom stereocenters. The molecular formula is C21H16OS3. The molecule has 0 fully saturated rings. The van der Waals surface area contributed by atoms with Gasteiger partial charge in [0, 0.05) is 20.8 Å². The summed E-state index contributed by atoms with van der Waals surface area (Å²) in [5, 5.41) is 0.0352. The number of hydrogen-bond donors (Lipinski definition) is 0. The van der Waals surface area contributed by atoms with Crippen molar-refractivity contribution in [1.29, 1.82) is 0 Å². The number of carbonyl (C=O) groups is 1. The molecule has 3 aromatic carbocycles. The molecule has 0 atom stereocenters. The lowest BCUT2D eigenvalue weighted by molar-refractivity contribution is -0.107. The third kappa shape index (κ3) is 6.16. The van der Waals surface area contributed by atoms with Gasteiger partial charge in [0.1, 0.15) is 0 Å². The molecule has 0 aliphatic carbocycles. The Bertz CT molecular complexity index is 787. The van der Waals surface area contributed by atoms with E-state index in [2.05, 4.69) is 24.3 Å². The Labute approximate surface area is 160 Å². The molecule has 0 aliphatic rings. The predicted molar refractivity (Wildman–Crippen MR) is 110 cm³/mol. The molecule has 25 heavy (non-hydrogen) atoms. The monoisotopic (exact) mass is 380 g/mol. The minimum atomic E-state index is 0.0352. The van der Waals surface area contributed by atoms with Gasteiger partial charge < -0.3 is 0 Å². The van der Waals surface area contributed by atoms with Crippen LogP contribution in [-0.4, -0.2) is 5.12 Å². The predicted octanol–water partition coefficient (Wildman–Crippen LogP) is 6.73. The van der Waals surface area contributed by atoms with Crippen LogP contribution in [0.3, 0.4) is 0 Å². The fourth-order valence-electron chi connectivity index (χ4n) is 2.02. The lowest BCUT2D eigenvalue weighted by Gasteiger charge is -2.07. The van der Waals surface area contributed by atoms with Gasteiger partial charge in [-0.1, -0.05) is 78.1 Å². The molecule has 124 valence electrons. The molecule has 0 radical (unpaired) electrons. The van der Waals surface area contributed by atoms with Crippen LogP contribution in [0.15, 0.2) is 116 Å². The van der Waals surface area contributed by atoms with Gasteiger partial charge in [-0.05, 0) is 48.2 Å². The Kier molecular flexibility index (Phi) is 6.86. The van der Waals surface area contributed by atoms with Crippen LogP contribution in [0.2, 0.25) is 0 Å². The van der Waals surface area contributed by atoms with Crippen molar-refractivity contribution >= 4 is 40.4 Å². The van der Waals surface area contributed by atoms with Crippen LogP contribution >= 0.6 is 35.3 Å². The van der Waals surface area contributed by atoms with Crippen LogP contribution in [-0.2, 0) is 4.79 Å². The average molecular weight is 381 g/mol. The van der Waals surface area contributed by atoms with Gasteiger partial charge in [-0.25, -0.2) is 0 Å². The van der Waals surface area contributed by atoms with Crippen LogP contribution in [0.4, 0.5) is 0 Å². The summed E-state index contributed by atoms with van der Waals surface area (Å²) in [5.41, 5.74) is 0. The summed E-state index contributed by atoms with van der Waals surface area (Å²) >= 11 is 4.48. The highest BCUT2D eigenvalue weighted by Gasteiger charge is 2.08. The molecule has 1 nitrogen and oxygen atoms in total. The quantitative estimate of drug-likeness (QED) is 0.348. The summed E-state index contributed by atoms with van der Waals surface area (Å²) in [6.07, 6.45) is 1.73. The smallest absolute Gasteiger partial charge is 0.218 e. The highest BCUT2D eigenvalue weighted by atomic mass is 32.2. The van der Waals surface area contributed by atoms with E-state index >= 15 is 0 Å². The van der Waals surface area contributed by atoms with E-state index in [0.29, 0.717) is 0 Å². The zero-order valence-corrected chi connectivity index (χ0v) is 15.8. The lowest BCUT2D eigenvalue weighted by Crippen LogP contribution is -1.87. The first-order valence-corrected chi connectivity index (χ1v) is 10.2. The van der Waals surface area contributed by atoms with Gasteiger partial charge in [0.15, 0.2) is 0 Å². The summed E-state index contributed by atoms with van der Waals surface area (Å²) in [6.45, 7) is 0. The zero-order chi connectivity index (χ0) is 17.3. The maximum atomic E-state index is 12.5. The van der Waals surface area contributed by atoms with E-state index in [1.165, 1.54) is 11.8 Å². The summed E-state index contributed by atoms with van der Waals surface area (Å²) in [6, 6.07) is 30.0. The number of thioether (sulfide) groups is 3. The van der Waals surface area contributed by atoms with Gasteiger partial charge in [0.05, 0.1) is 4.24 Å². The second-order valence-electron chi connectivity index (χ2n) is 5.03. The maximum Gasteiger partial charge on any atom is 0.218 e. The topological polar surface area (TPSA) is 17.1 Å². The third-order valence-electron chi connectivity index (χ3n) is 3.12. The van der Waals surface area contributed by atoms with Crippen molar-refractivity contribution in [1.82, 2.24) is 0 Å². The Morgan fingerprint density at radius 2 is 0.920 bits per heavy atom. The minimum Gasteiger partial charge on any atom is -0.282 e. The Balaban J connectivity index is 1.78. The van der Waals surface area contributed by atoms with Crippen molar-refractivity contribution in [2.24, 2.45) is 0 Å². The lowest BCUT2D eigenvalue weighted by atomic mass is 10.4. The van der Waals surface area contributed by atoms with Gasteiger partial charge in [0.2, 0.25) is 5.12 Å². The van der Waals surface area contributed by atoms with E-state index in [1.54, 1.807) is 29.6 Å². The SMILES string of the molecule is O=C(C=C(Sc1ccccc1)Sc1ccccc1)Sc1ccccc1. The molecule has 0 heterocycles. The molecule has 4 heteroatoms. The summed E-state index contributed by atoms with van der Waals surface area (Å²) in [5.74, 6) is 0. The molecule has 0 aliphatic heterocycles. The van der Waals surface area contributed by atoms with Gasteiger partial charge in [-0.2, -0.15) is 0 Å². The van der Waals surface area contributed by atoms with Crippen molar-refractivity contribution < 1.29 is 4.79 Å². The number of carbonyl (C=O) groups excluding carboxylic acids is 1. The third-order valence-corrected chi connectivity index (χ3v) is 6.10. The molecule has 3 rings (SSSR count). The van der Waals surface area contributed by atoms with E-state index in [-0.39, 0.29) is 5.12 Å². The van der Waals surface area contributed by atoms with Crippen molar-refractivity contribution in [2.75, 3.05) is 0 Å². The second kappa shape index (κ2) is 9.56. The van der Waals surface area contributed by atoms with Crippen molar-refractivity contribution in [3.8, 4) is 0 Å². The van der Waals surface area contributed by atoms with E-state index in [4.69, 9.17) is 0 Å². The largest absolute Gasteiger partial charge is 0.282 e. The molecule has 0 bridgehead atoms. The summed E-state index contributed by atoms with van der Waals surface area (Å²) in [4.78, 5) is 15.7. The highest BCUT2D eigenvalue weighted by molar-refractivity contribution is 8.22. The van der Waals surface area contributed by atoms with Crippen molar-refractivity contribution in [3.05, 3.63) is 101 Å². The van der Waals surface area contributed by atoms with E-state index < -0.39 is 0 Å². The van der Waals surface area contributed by atoms with Crippen LogP contribution in [0.25, 0.3) is 0 Å². The molecule has 0 N–H and O–H groups in total. The van der Waals surface area contributed by atoms with Crippen molar-refractivity contribution in [3.63, 3.8) is 0 Å². The molecule has 0 saturated heterocycles. The molecule has 0 amide bonds. The Morgan fingerprint density at radius 1 is 0.560 bits per heavy atom. The zero-order valence-electron chi connectivity index (χ0n) is 13.4. The first-order chi connectivity index (χ1) is 12.3. The van der Waals surface area contributed by atoms with E-state index in [0.717, 1.165) is 18.9 Å². The molecule has 0 aromatic heterocycles. The average Bonchev–Trinajstić information content (AvgIpc) is 2.64. The fourth-order valence-corrected chi connectivity index (χ4v) is 5.00. The van der Waals surface area contributed by atoms with E-state index in [9.17, 15) is 4.79 Å². The van der Waals surface area contributed by atoms with Gasteiger partial charge >= 0.3 is 0 Å². The van der Waals surface area contributed by atoms with Crippen LogP contribution in [0.5, 0.6) is 0 Å². The normalized spacial score (nSPS) is 10.2. The summed E-state index contributed by atoms with van der Waals surface area (Å²) < 4.78 is 0.964. The summed E-state index contributed by atoms with van der Waals surface area (Å²) in [7, 11) is 0. The maximum absolute atomic E-state index is 12.5. The molecule has 0 saturated carbocycles. The van der Waals surface area contributed by atoms with Gasteiger partial charge in [-0.3, -0.25) is 4.79 Å². The van der Waals surface area contributed by atoms with Gasteiger partial charge in [-0.15, -0.1) is 0 Å². The van der Waals surface area contributed by atoms with Crippen LogP contribution in [0.1, 0.15) is 0 Å². The van der Waals surface area contributed by atoms with Crippen LogP contribution < -0.4 is 0 Å². The van der Waals surface area contributed by atoms with E-state index in [1.807, 2.05) is 66.7 Å². The number of hydrogen-bond acceptors (Lipinski definition) is 4. The molecule has 0 spiro atoms. The molecule has 3 aromatic rings. The minimum absolute atomic E-state index is 0.0352.